The van der Waals surface area contributed by atoms with Gasteiger partial charge >= 0.3 is 0 Å². The molecule has 0 aliphatic rings. The molecule has 2 rings (SSSR count). The summed E-state index contributed by atoms with van der Waals surface area (Å²) in [5.41, 5.74) is 1.01. The summed E-state index contributed by atoms with van der Waals surface area (Å²) in [6, 6.07) is 10.1. The van der Waals surface area contributed by atoms with Crippen molar-refractivity contribution in [3.8, 4) is 11.5 Å². The Labute approximate surface area is 89.1 Å². The van der Waals surface area contributed by atoms with Crippen LogP contribution in [0.3, 0.4) is 0 Å². The maximum atomic E-state index is 5.65. The van der Waals surface area contributed by atoms with E-state index in [1.807, 2.05) is 44.3 Å². The van der Waals surface area contributed by atoms with Crippen molar-refractivity contribution < 1.29 is 4.42 Å². The summed E-state index contributed by atoms with van der Waals surface area (Å²) >= 11 is 0. The Bertz CT molecular complexity index is 422. The molecule has 1 aromatic carbocycles. The van der Waals surface area contributed by atoms with Gasteiger partial charge in [-0.1, -0.05) is 18.2 Å². The van der Waals surface area contributed by atoms with Crippen LogP contribution in [0.2, 0.25) is 0 Å². The highest BCUT2D eigenvalue weighted by Crippen LogP contribution is 2.21. The molecule has 15 heavy (non-hydrogen) atoms. The van der Waals surface area contributed by atoms with Crippen LogP contribution in [0, 0.1) is 0 Å². The van der Waals surface area contributed by atoms with Gasteiger partial charge in [0.25, 0.3) is 0 Å². The van der Waals surface area contributed by atoms with Gasteiger partial charge in [0.1, 0.15) is 5.76 Å². The summed E-state index contributed by atoms with van der Waals surface area (Å²) in [6.07, 6.45) is 1.77. The number of oxazole rings is 1. The van der Waals surface area contributed by atoms with E-state index in [2.05, 4.69) is 10.3 Å². The Morgan fingerprint density at radius 1 is 1.27 bits per heavy atom. The molecule has 0 saturated heterocycles. The van der Waals surface area contributed by atoms with Crippen molar-refractivity contribution in [2.24, 2.45) is 0 Å². The normalized spacial score (nSPS) is 12.7. The van der Waals surface area contributed by atoms with Gasteiger partial charge in [0.15, 0.2) is 0 Å². The van der Waals surface area contributed by atoms with Crippen molar-refractivity contribution in [3.63, 3.8) is 0 Å². The average molecular weight is 202 g/mol. The fourth-order valence-electron chi connectivity index (χ4n) is 1.34. The van der Waals surface area contributed by atoms with Gasteiger partial charge in [0.2, 0.25) is 5.89 Å². The summed E-state index contributed by atoms with van der Waals surface area (Å²) in [5, 5.41) is 3.11. The monoisotopic (exact) mass is 202 g/mol. The molecule has 1 N–H and O–H groups in total. The van der Waals surface area contributed by atoms with Gasteiger partial charge in [-0.15, -0.1) is 0 Å². The molecule has 1 atom stereocenters. The molecule has 3 nitrogen and oxygen atoms in total. The topological polar surface area (TPSA) is 38.1 Å². The van der Waals surface area contributed by atoms with Crippen molar-refractivity contribution in [2.45, 2.75) is 13.0 Å². The Morgan fingerprint density at radius 2 is 2.00 bits per heavy atom. The average Bonchev–Trinajstić information content (AvgIpc) is 2.78. The molecule has 0 saturated carbocycles. The third kappa shape index (κ3) is 2.07. The van der Waals surface area contributed by atoms with Crippen LogP contribution in [0.4, 0.5) is 0 Å². The van der Waals surface area contributed by atoms with Crippen LogP contribution in [0.25, 0.3) is 11.5 Å². The number of hydrogen-bond donors (Lipinski definition) is 1. The molecular weight excluding hydrogens is 188 g/mol. The van der Waals surface area contributed by atoms with Crippen LogP contribution in [0.5, 0.6) is 0 Å². The fourth-order valence-corrected chi connectivity index (χ4v) is 1.34. The van der Waals surface area contributed by atoms with Gasteiger partial charge in [-0.25, -0.2) is 4.98 Å². The predicted molar refractivity (Wildman–Crippen MR) is 59.4 cm³/mol. The first-order valence-electron chi connectivity index (χ1n) is 4.99. The Morgan fingerprint density at radius 3 is 2.67 bits per heavy atom. The van der Waals surface area contributed by atoms with E-state index in [0.717, 1.165) is 11.3 Å². The minimum atomic E-state index is 0.190. The largest absolute Gasteiger partial charge is 0.440 e. The number of benzene rings is 1. The number of hydrogen-bond acceptors (Lipinski definition) is 3. The molecule has 2 aromatic rings. The SMILES string of the molecule is CNC(C)c1cnc(-c2ccccc2)o1. The van der Waals surface area contributed by atoms with Gasteiger partial charge in [-0.2, -0.15) is 0 Å². The lowest BCUT2D eigenvalue weighted by Gasteiger charge is -2.04. The second-order valence-corrected chi connectivity index (χ2v) is 3.44. The van der Waals surface area contributed by atoms with Crippen molar-refractivity contribution in [2.75, 3.05) is 7.05 Å². The number of nitrogens with zero attached hydrogens (tertiary/aromatic N) is 1. The van der Waals surface area contributed by atoms with E-state index in [1.165, 1.54) is 0 Å². The molecule has 0 aliphatic carbocycles. The van der Waals surface area contributed by atoms with Gasteiger partial charge < -0.3 is 9.73 Å². The lowest BCUT2D eigenvalue weighted by atomic mass is 10.2. The Hall–Kier alpha value is -1.61. The van der Waals surface area contributed by atoms with Crippen LogP contribution in [-0.2, 0) is 0 Å². The van der Waals surface area contributed by atoms with Crippen LogP contribution in [-0.4, -0.2) is 12.0 Å². The second kappa shape index (κ2) is 4.28. The van der Waals surface area contributed by atoms with Crippen LogP contribution in [0.1, 0.15) is 18.7 Å². The van der Waals surface area contributed by atoms with Crippen molar-refractivity contribution >= 4 is 0 Å². The fraction of sp³-hybridized carbons (Fsp3) is 0.250. The van der Waals surface area contributed by atoms with Gasteiger partial charge in [0, 0.05) is 5.56 Å². The van der Waals surface area contributed by atoms with E-state index < -0.39 is 0 Å². The molecule has 0 aliphatic heterocycles. The highest BCUT2D eigenvalue weighted by molar-refractivity contribution is 5.52. The highest BCUT2D eigenvalue weighted by Gasteiger charge is 2.10. The maximum Gasteiger partial charge on any atom is 0.226 e. The third-order valence-electron chi connectivity index (χ3n) is 2.40. The molecule has 0 spiro atoms. The minimum Gasteiger partial charge on any atom is -0.440 e. The summed E-state index contributed by atoms with van der Waals surface area (Å²) in [5.74, 6) is 1.53. The molecule has 1 heterocycles. The zero-order valence-electron chi connectivity index (χ0n) is 8.90. The zero-order valence-corrected chi connectivity index (χ0v) is 8.90. The molecule has 78 valence electrons. The van der Waals surface area contributed by atoms with Crippen LogP contribution >= 0.6 is 0 Å². The quantitative estimate of drug-likeness (QED) is 0.831. The van der Waals surface area contributed by atoms with Crippen molar-refractivity contribution in [1.29, 1.82) is 0 Å². The molecular formula is C12H14N2O. The molecule has 0 radical (unpaired) electrons. The number of aromatic nitrogens is 1. The first-order valence-corrected chi connectivity index (χ1v) is 4.99. The molecule has 1 unspecified atom stereocenters. The molecule has 0 fully saturated rings. The lowest BCUT2D eigenvalue weighted by molar-refractivity contribution is 0.456. The lowest BCUT2D eigenvalue weighted by Crippen LogP contribution is -2.11. The summed E-state index contributed by atoms with van der Waals surface area (Å²) in [4.78, 5) is 4.25. The van der Waals surface area contributed by atoms with Gasteiger partial charge in [-0.3, -0.25) is 0 Å². The summed E-state index contributed by atoms with van der Waals surface area (Å²) in [7, 11) is 1.90. The summed E-state index contributed by atoms with van der Waals surface area (Å²) in [6.45, 7) is 2.04. The Balaban J connectivity index is 2.28. The smallest absolute Gasteiger partial charge is 0.226 e. The van der Waals surface area contributed by atoms with E-state index in [4.69, 9.17) is 4.42 Å². The Kier molecular flexibility index (Phi) is 2.83. The number of nitrogens with one attached hydrogen (secondary N) is 1. The third-order valence-corrected chi connectivity index (χ3v) is 2.40. The van der Waals surface area contributed by atoms with Crippen molar-refractivity contribution in [1.82, 2.24) is 10.3 Å². The van der Waals surface area contributed by atoms with Crippen LogP contribution < -0.4 is 5.32 Å². The van der Waals surface area contributed by atoms with E-state index in [-0.39, 0.29) is 6.04 Å². The zero-order chi connectivity index (χ0) is 10.7. The standard InChI is InChI=1S/C12H14N2O/c1-9(13-2)11-8-14-12(15-11)10-6-4-3-5-7-10/h3-9,13H,1-2H3. The molecule has 1 aromatic heterocycles. The van der Waals surface area contributed by atoms with E-state index in [9.17, 15) is 0 Å². The molecule has 3 heteroatoms. The first kappa shape index (κ1) is 9.93. The van der Waals surface area contributed by atoms with Crippen LogP contribution in [0.15, 0.2) is 40.9 Å². The second-order valence-electron chi connectivity index (χ2n) is 3.44. The highest BCUT2D eigenvalue weighted by atomic mass is 16.4. The first-order chi connectivity index (χ1) is 7.31. The van der Waals surface area contributed by atoms with E-state index in [1.54, 1.807) is 6.20 Å². The summed E-state index contributed by atoms with van der Waals surface area (Å²) < 4.78 is 5.65. The van der Waals surface area contributed by atoms with E-state index >= 15 is 0 Å². The van der Waals surface area contributed by atoms with E-state index in [0.29, 0.717) is 5.89 Å². The molecule has 0 bridgehead atoms. The molecule has 0 amide bonds. The van der Waals surface area contributed by atoms with Crippen molar-refractivity contribution in [3.05, 3.63) is 42.3 Å². The predicted octanol–water partition coefficient (Wildman–Crippen LogP) is 2.62. The van der Waals surface area contributed by atoms with Gasteiger partial charge in [-0.05, 0) is 26.1 Å². The van der Waals surface area contributed by atoms with Gasteiger partial charge in [0.05, 0.1) is 12.2 Å². The maximum absolute atomic E-state index is 5.65. The number of rotatable bonds is 3. The minimum absolute atomic E-state index is 0.190.